The maximum Gasteiger partial charge on any atom is 0.387 e. The summed E-state index contributed by atoms with van der Waals surface area (Å²) in [6.07, 6.45) is 1.55. The number of benzene rings is 1. The van der Waals surface area contributed by atoms with E-state index in [0.717, 1.165) is 5.56 Å². The van der Waals surface area contributed by atoms with E-state index in [1.165, 1.54) is 35.0 Å². The van der Waals surface area contributed by atoms with Gasteiger partial charge in [-0.15, -0.1) is 0 Å². The van der Waals surface area contributed by atoms with Crippen molar-refractivity contribution in [3.8, 4) is 11.4 Å². The lowest BCUT2D eigenvalue weighted by Gasteiger charge is -2.07. The maximum absolute atomic E-state index is 12.0. The highest BCUT2D eigenvalue weighted by Gasteiger charge is 2.05. The van der Waals surface area contributed by atoms with Crippen molar-refractivity contribution >= 4 is 0 Å². The molecule has 0 spiro atoms. The topological polar surface area (TPSA) is 44.1 Å². The zero-order valence-electron chi connectivity index (χ0n) is 9.51. The minimum absolute atomic E-state index is 0.0360. The Kier molecular flexibility index (Phi) is 3.36. The summed E-state index contributed by atoms with van der Waals surface area (Å²) in [5, 5.41) is 3.95. The van der Waals surface area contributed by atoms with Gasteiger partial charge in [-0.2, -0.15) is 18.6 Å². The molecule has 4 nitrogen and oxygen atoms in total. The molecule has 0 amide bonds. The van der Waals surface area contributed by atoms with Crippen LogP contribution in [0.2, 0.25) is 0 Å². The van der Waals surface area contributed by atoms with E-state index in [1.54, 1.807) is 13.1 Å². The van der Waals surface area contributed by atoms with Crippen molar-refractivity contribution in [1.29, 1.82) is 0 Å². The molecule has 0 fully saturated rings. The molecule has 0 aliphatic carbocycles. The molecule has 0 aliphatic rings. The second kappa shape index (κ2) is 4.95. The predicted octanol–water partition coefficient (Wildman–Crippen LogP) is 2.14. The van der Waals surface area contributed by atoms with Crippen LogP contribution in [-0.4, -0.2) is 16.4 Å². The smallest absolute Gasteiger partial charge is 0.387 e. The van der Waals surface area contributed by atoms with E-state index in [0.29, 0.717) is 5.69 Å². The summed E-state index contributed by atoms with van der Waals surface area (Å²) in [6, 6.07) is 7.13. The molecule has 0 saturated heterocycles. The molecule has 18 heavy (non-hydrogen) atoms. The summed E-state index contributed by atoms with van der Waals surface area (Å²) < 4.78 is 29.3. The quantitative estimate of drug-likeness (QED) is 0.840. The fraction of sp³-hybridized carbons (Fsp3) is 0.167. The molecule has 0 N–H and O–H groups in total. The van der Waals surface area contributed by atoms with Gasteiger partial charge < -0.3 is 4.74 Å². The molecule has 0 saturated carbocycles. The minimum Gasteiger partial charge on any atom is -0.435 e. The van der Waals surface area contributed by atoms with Gasteiger partial charge in [-0.3, -0.25) is 4.79 Å². The van der Waals surface area contributed by atoms with Gasteiger partial charge >= 0.3 is 6.61 Å². The van der Waals surface area contributed by atoms with Crippen LogP contribution in [0.25, 0.3) is 5.69 Å². The van der Waals surface area contributed by atoms with Crippen LogP contribution < -0.4 is 10.3 Å². The van der Waals surface area contributed by atoms with Crippen LogP contribution in [0.5, 0.6) is 5.75 Å². The largest absolute Gasteiger partial charge is 0.435 e. The van der Waals surface area contributed by atoms with Crippen LogP contribution in [0.15, 0.2) is 41.3 Å². The molecular formula is C12H10F2N2O2. The normalized spacial score (nSPS) is 10.7. The van der Waals surface area contributed by atoms with Crippen molar-refractivity contribution < 1.29 is 13.5 Å². The van der Waals surface area contributed by atoms with Crippen LogP contribution in [0.4, 0.5) is 8.78 Å². The summed E-state index contributed by atoms with van der Waals surface area (Å²) in [4.78, 5) is 11.7. The van der Waals surface area contributed by atoms with Gasteiger partial charge in [0, 0.05) is 6.07 Å². The van der Waals surface area contributed by atoms with E-state index in [1.807, 2.05) is 0 Å². The summed E-state index contributed by atoms with van der Waals surface area (Å²) in [5.41, 5.74) is 0.966. The van der Waals surface area contributed by atoms with E-state index in [-0.39, 0.29) is 11.3 Å². The molecule has 1 heterocycles. The SMILES string of the molecule is Cc1cnn(-c2ccc(OC(F)F)cc2)c(=O)c1. The Morgan fingerprint density at radius 3 is 2.50 bits per heavy atom. The van der Waals surface area contributed by atoms with Crippen molar-refractivity contribution in [3.63, 3.8) is 0 Å². The third-order valence-electron chi connectivity index (χ3n) is 2.24. The first kappa shape index (κ1) is 12.2. The number of halogens is 2. The summed E-state index contributed by atoms with van der Waals surface area (Å²) >= 11 is 0. The van der Waals surface area contributed by atoms with Crippen molar-refractivity contribution in [2.45, 2.75) is 13.5 Å². The molecular weight excluding hydrogens is 242 g/mol. The first-order valence-electron chi connectivity index (χ1n) is 5.17. The van der Waals surface area contributed by atoms with E-state index in [2.05, 4.69) is 9.84 Å². The van der Waals surface area contributed by atoms with Gasteiger partial charge in [0.15, 0.2) is 0 Å². The fourth-order valence-electron chi connectivity index (χ4n) is 1.46. The molecule has 2 aromatic rings. The first-order valence-corrected chi connectivity index (χ1v) is 5.17. The van der Waals surface area contributed by atoms with Crippen LogP contribution in [0.3, 0.4) is 0 Å². The average molecular weight is 252 g/mol. The third kappa shape index (κ3) is 2.71. The molecule has 1 aromatic heterocycles. The van der Waals surface area contributed by atoms with Gasteiger partial charge in [-0.05, 0) is 36.8 Å². The molecule has 94 valence electrons. The lowest BCUT2D eigenvalue weighted by atomic mass is 10.3. The van der Waals surface area contributed by atoms with Gasteiger partial charge in [-0.1, -0.05) is 0 Å². The number of nitrogens with zero attached hydrogens (tertiary/aromatic N) is 2. The average Bonchev–Trinajstić information content (AvgIpc) is 2.30. The fourth-order valence-corrected chi connectivity index (χ4v) is 1.46. The Balaban J connectivity index is 2.31. The monoisotopic (exact) mass is 252 g/mol. The highest BCUT2D eigenvalue weighted by molar-refractivity contribution is 5.36. The van der Waals surface area contributed by atoms with Crippen molar-refractivity contribution in [1.82, 2.24) is 9.78 Å². The second-order valence-electron chi connectivity index (χ2n) is 3.66. The first-order chi connectivity index (χ1) is 8.56. The Hall–Kier alpha value is -2.24. The Morgan fingerprint density at radius 1 is 1.28 bits per heavy atom. The number of alkyl halides is 2. The van der Waals surface area contributed by atoms with Crippen LogP contribution in [-0.2, 0) is 0 Å². The van der Waals surface area contributed by atoms with Crippen LogP contribution >= 0.6 is 0 Å². The molecule has 2 rings (SSSR count). The maximum atomic E-state index is 12.0. The Morgan fingerprint density at radius 2 is 1.94 bits per heavy atom. The van der Waals surface area contributed by atoms with E-state index >= 15 is 0 Å². The molecule has 0 radical (unpaired) electrons. The van der Waals surface area contributed by atoms with E-state index < -0.39 is 6.61 Å². The Bertz CT molecular complexity index is 594. The van der Waals surface area contributed by atoms with Gasteiger partial charge in [0.05, 0.1) is 11.9 Å². The Labute approximate surface area is 101 Å². The van der Waals surface area contributed by atoms with Gasteiger partial charge in [-0.25, -0.2) is 0 Å². The second-order valence-corrected chi connectivity index (χ2v) is 3.66. The highest BCUT2D eigenvalue weighted by atomic mass is 19.3. The van der Waals surface area contributed by atoms with Gasteiger partial charge in [0.25, 0.3) is 5.56 Å². The summed E-state index contributed by atoms with van der Waals surface area (Å²) in [5.74, 6) is 0.0360. The summed E-state index contributed by atoms with van der Waals surface area (Å²) in [7, 11) is 0. The summed E-state index contributed by atoms with van der Waals surface area (Å²) in [6.45, 7) is -1.10. The number of rotatable bonds is 3. The van der Waals surface area contributed by atoms with Gasteiger partial charge in [0.1, 0.15) is 5.75 Å². The molecule has 6 heteroatoms. The highest BCUT2D eigenvalue weighted by Crippen LogP contribution is 2.15. The number of ether oxygens (including phenoxy) is 1. The van der Waals surface area contributed by atoms with Gasteiger partial charge in [0.2, 0.25) is 0 Å². The lowest BCUT2D eigenvalue weighted by Crippen LogP contribution is -2.20. The number of hydrogen-bond acceptors (Lipinski definition) is 3. The molecule has 0 atom stereocenters. The standard InChI is InChI=1S/C12H10F2N2O2/c1-8-6-11(17)16(15-7-8)9-2-4-10(5-3-9)18-12(13)14/h2-7,12H,1H3. The van der Waals surface area contributed by atoms with Crippen molar-refractivity contribution in [2.75, 3.05) is 0 Å². The number of aromatic nitrogens is 2. The molecule has 1 aromatic carbocycles. The van der Waals surface area contributed by atoms with Crippen molar-refractivity contribution in [2.24, 2.45) is 0 Å². The zero-order chi connectivity index (χ0) is 13.1. The zero-order valence-corrected chi connectivity index (χ0v) is 9.51. The van der Waals surface area contributed by atoms with E-state index in [4.69, 9.17) is 0 Å². The lowest BCUT2D eigenvalue weighted by molar-refractivity contribution is -0.0498. The van der Waals surface area contributed by atoms with E-state index in [9.17, 15) is 13.6 Å². The van der Waals surface area contributed by atoms with Crippen molar-refractivity contribution in [3.05, 3.63) is 52.4 Å². The molecule has 0 bridgehead atoms. The molecule has 0 aliphatic heterocycles. The minimum atomic E-state index is -2.86. The number of hydrogen-bond donors (Lipinski definition) is 0. The van der Waals surface area contributed by atoms with Crippen LogP contribution in [0.1, 0.15) is 5.56 Å². The predicted molar refractivity (Wildman–Crippen MR) is 61.2 cm³/mol. The molecule has 0 unspecified atom stereocenters. The van der Waals surface area contributed by atoms with Crippen LogP contribution in [0, 0.1) is 6.92 Å². The third-order valence-corrected chi connectivity index (χ3v) is 2.24. The number of aryl methyl sites for hydroxylation is 1.